The van der Waals surface area contributed by atoms with Crippen molar-refractivity contribution >= 4 is 11.7 Å². The highest BCUT2D eigenvalue weighted by Crippen LogP contribution is 2.19. The number of aryl methyl sites for hydroxylation is 1. The molecule has 1 rings (SSSR count). The van der Waals surface area contributed by atoms with Crippen LogP contribution in [0.5, 0.6) is 0 Å². The van der Waals surface area contributed by atoms with Crippen LogP contribution in [0.4, 0.5) is 0 Å². The molecule has 1 aromatic heterocycles. The average Bonchev–Trinajstić information content (AvgIpc) is 2.60. The third kappa shape index (κ3) is 2.79. The SMILES string of the molecule is CNCCN(C)C(=O)c1[nH]c(C)c(C(C)=O)c1C. The largest absolute Gasteiger partial charge is 0.354 e. The molecule has 0 aliphatic carbocycles. The van der Waals surface area contributed by atoms with Crippen LogP contribution in [-0.4, -0.2) is 48.8 Å². The van der Waals surface area contributed by atoms with E-state index >= 15 is 0 Å². The lowest BCUT2D eigenvalue weighted by Crippen LogP contribution is -2.33. The number of aromatic amines is 1. The van der Waals surface area contributed by atoms with Crippen LogP contribution in [0.15, 0.2) is 0 Å². The predicted molar refractivity (Wildman–Crippen MR) is 71.2 cm³/mol. The minimum atomic E-state index is -0.0849. The Morgan fingerprint density at radius 1 is 1.33 bits per heavy atom. The number of hydrogen-bond acceptors (Lipinski definition) is 3. The van der Waals surface area contributed by atoms with Gasteiger partial charge >= 0.3 is 0 Å². The van der Waals surface area contributed by atoms with Crippen molar-refractivity contribution in [3.05, 3.63) is 22.5 Å². The Morgan fingerprint density at radius 2 is 1.94 bits per heavy atom. The number of carbonyl (C=O) groups is 2. The highest BCUT2D eigenvalue weighted by Gasteiger charge is 2.21. The summed E-state index contributed by atoms with van der Waals surface area (Å²) in [4.78, 5) is 28.4. The fourth-order valence-electron chi connectivity index (χ4n) is 2.06. The first-order chi connectivity index (χ1) is 8.40. The molecule has 1 amide bonds. The standard InChI is InChI=1S/C13H21N3O2/c1-8-11(10(3)17)9(2)15-12(8)13(18)16(5)7-6-14-4/h14-15H,6-7H2,1-5H3. The second-order valence-electron chi connectivity index (χ2n) is 4.51. The molecule has 1 aromatic rings. The van der Waals surface area contributed by atoms with Gasteiger partial charge in [-0.05, 0) is 33.4 Å². The van der Waals surface area contributed by atoms with Crippen LogP contribution in [0.3, 0.4) is 0 Å². The number of hydrogen-bond donors (Lipinski definition) is 2. The van der Waals surface area contributed by atoms with E-state index in [4.69, 9.17) is 0 Å². The molecule has 0 spiro atoms. The van der Waals surface area contributed by atoms with Gasteiger partial charge in [0, 0.05) is 31.4 Å². The molecule has 0 fully saturated rings. The normalized spacial score (nSPS) is 10.5. The van der Waals surface area contributed by atoms with E-state index in [-0.39, 0.29) is 11.7 Å². The number of Topliss-reactive ketones (excluding diaryl/α,β-unsaturated/α-hetero) is 1. The molecule has 5 nitrogen and oxygen atoms in total. The highest BCUT2D eigenvalue weighted by molar-refractivity contribution is 6.02. The maximum Gasteiger partial charge on any atom is 0.270 e. The number of aromatic nitrogens is 1. The lowest BCUT2D eigenvalue weighted by atomic mass is 10.1. The monoisotopic (exact) mass is 251 g/mol. The number of likely N-dealkylation sites (N-methyl/N-ethyl adjacent to an activating group) is 2. The molecule has 0 saturated carbocycles. The van der Waals surface area contributed by atoms with Gasteiger partial charge in [0.1, 0.15) is 5.69 Å². The molecule has 0 unspecified atom stereocenters. The first-order valence-electron chi connectivity index (χ1n) is 6.00. The molecule has 0 aromatic carbocycles. The van der Waals surface area contributed by atoms with E-state index in [9.17, 15) is 9.59 Å². The Hall–Kier alpha value is -1.62. The number of rotatable bonds is 5. The van der Waals surface area contributed by atoms with Gasteiger partial charge in [-0.1, -0.05) is 0 Å². The zero-order valence-corrected chi connectivity index (χ0v) is 11.7. The number of ketones is 1. The number of H-pyrrole nitrogens is 1. The summed E-state index contributed by atoms with van der Waals surface area (Å²) in [5, 5.41) is 3.00. The van der Waals surface area contributed by atoms with Crippen LogP contribution in [-0.2, 0) is 0 Å². The van der Waals surface area contributed by atoms with Gasteiger partial charge in [0.2, 0.25) is 0 Å². The minimum Gasteiger partial charge on any atom is -0.354 e. The van der Waals surface area contributed by atoms with Gasteiger partial charge < -0.3 is 15.2 Å². The molecule has 0 saturated heterocycles. The lowest BCUT2D eigenvalue weighted by molar-refractivity contribution is 0.0791. The molecule has 2 N–H and O–H groups in total. The fourth-order valence-corrected chi connectivity index (χ4v) is 2.06. The van der Waals surface area contributed by atoms with Gasteiger partial charge in [-0.15, -0.1) is 0 Å². The maximum atomic E-state index is 12.2. The van der Waals surface area contributed by atoms with Gasteiger partial charge in [0.25, 0.3) is 5.91 Å². The van der Waals surface area contributed by atoms with Crippen LogP contribution < -0.4 is 5.32 Å². The summed E-state index contributed by atoms with van der Waals surface area (Å²) in [6.45, 7) is 6.50. The summed E-state index contributed by atoms with van der Waals surface area (Å²) >= 11 is 0. The van der Waals surface area contributed by atoms with Gasteiger partial charge in [0.15, 0.2) is 5.78 Å². The van der Waals surface area contributed by atoms with E-state index in [1.807, 2.05) is 14.0 Å². The highest BCUT2D eigenvalue weighted by atomic mass is 16.2. The van der Waals surface area contributed by atoms with Crippen molar-refractivity contribution in [1.29, 1.82) is 0 Å². The number of carbonyl (C=O) groups excluding carboxylic acids is 2. The molecule has 100 valence electrons. The van der Waals surface area contributed by atoms with Crippen LogP contribution in [0.1, 0.15) is 39.0 Å². The number of amides is 1. The Kier molecular flexibility index (Phi) is 4.67. The zero-order valence-electron chi connectivity index (χ0n) is 11.7. The molecule has 0 bridgehead atoms. The van der Waals surface area contributed by atoms with Gasteiger partial charge in [-0.2, -0.15) is 0 Å². The minimum absolute atomic E-state index is 0.0156. The molecule has 0 aliphatic heterocycles. The van der Waals surface area contributed by atoms with E-state index in [1.54, 1.807) is 18.9 Å². The molecule has 1 heterocycles. The summed E-state index contributed by atoms with van der Waals surface area (Å²) < 4.78 is 0. The van der Waals surface area contributed by atoms with Gasteiger partial charge in [0.05, 0.1) is 0 Å². The summed E-state index contributed by atoms with van der Waals surface area (Å²) in [5.41, 5.74) is 2.63. The van der Waals surface area contributed by atoms with E-state index in [0.717, 1.165) is 17.8 Å². The van der Waals surface area contributed by atoms with Crippen LogP contribution in [0.2, 0.25) is 0 Å². The van der Waals surface area contributed by atoms with Crippen LogP contribution in [0.25, 0.3) is 0 Å². The molecule has 0 aliphatic rings. The maximum absolute atomic E-state index is 12.2. The predicted octanol–water partition coefficient (Wildman–Crippen LogP) is 1.13. The smallest absolute Gasteiger partial charge is 0.270 e. The summed E-state index contributed by atoms with van der Waals surface area (Å²) in [6.07, 6.45) is 0. The first-order valence-corrected chi connectivity index (χ1v) is 6.00. The second-order valence-corrected chi connectivity index (χ2v) is 4.51. The van der Waals surface area contributed by atoms with Crippen molar-refractivity contribution in [2.45, 2.75) is 20.8 Å². The average molecular weight is 251 g/mol. The molecule has 18 heavy (non-hydrogen) atoms. The Bertz CT molecular complexity index is 463. The van der Waals surface area contributed by atoms with E-state index < -0.39 is 0 Å². The Morgan fingerprint density at radius 3 is 2.39 bits per heavy atom. The summed E-state index contributed by atoms with van der Waals surface area (Å²) in [5.74, 6) is -0.100. The molecule has 0 atom stereocenters. The van der Waals surface area contributed by atoms with E-state index in [2.05, 4.69) is 10.3 Å². The lowest BCUT2D eigenvalue weighted by Gasteiger charge is -2.16. The van der Waals surface area contributed by atoms with Gasteiger partial charge in [-0.3, -0.25) is 9.59 Å². The molecule has 0 radical (unpaired) electrons. The number of nitrogens with one attached hydrogen (secondary N) is 2. The fraction of sp³-hybridized carbons (Fsp3) is 0.538. The zero-order chi connectivity index (χ0) is 13.9. The Balaban J connectivity index is 3.00. The van der Waals surface area contributed by atoms with E-state index in [1.165, 1.54) is 6.92 Å². The topological polar surface area (TPSA) is 65.2 Å². The van der Waals surface area contributed by atoms with Gasteiger partial charge in [-0.25, -0.2) is 0 Å². The number of nitrogens with zero attached hydrogens (tertiary/aromatic N) is 1. The van der Waals surface area contributed by atoms with E-state index in [0.29, 0.717) is 17.8 Å². The van der Waals surface area contributed by atoms with Crippen molar-refractivity contribution in [2.75, 3.05) is 27.2 Å². The van der Waals surface area contributed by atoms with Crippen LogP contribution in [0, 0.1) is 13.8 Å². The molecular weight excluding hydrogens is 230 g/mol. The van der Waals surface area contributed by atoms with Crippen molar-refractivity contribution in [3.8, 4) is 0 Å². The third-order valence-corrected chi connectivity index (χ3v) is 3.05. The van der Waals surface area contributed by atoms with Crippen molar-refractivity contribution in [1.82, 2.24) is 15.2 Å². The third-order valence-electron chi connectivity index (χ3n) is 3.05. The van der Waals surface area contributed by atoms with Crippen molar-refractivity contribution in [2.24, 2.45) is 0 Å². The molecular formula is C13H21N3O2. The molecule has 5 heteroatoms. The van der Waals surface area contributed by atoms with Crippen LogP contribution >= 0.6 is 0 Å². The van der Waals surface area contributed by atoms with Crippen molar-refractivity contribution < 1.29 is 9.59 Å². The summed E-state index contributed by atoms with van der Waals surface area (Å²) in [7, 11) is 3.60. The Labute approximate surface area is 108 Å². The van der Waals surface area contributed by atoms with Crippen molar-refractivity contribution in [3.63, 3.8) is 0 Å². The second kappa shape index (κ2) is 5.82. The first kappa shape index (κ1) is 14.4. The quantitative estimate of drug-likeness (QED) is 0.771. The summed E-state index contributed by atoms with van der Waals surface area (Å²) in [6, 6.07) is 0.